The van der Waals surface area contributed by atoms with E-state index in [1.165, 1.54) is 0 Å². The maximum absolute atomic E-state index is 13.7. The summed E-state index contributed by atoms with van der Waals surface area (Å²) < 4.78 is 13.7. The Morgan fingerprint density at radius 1 is 1.44 bits per heavy atom. The Kier molecular flexibility index (Phi) is 3.96. The third-order valence-electron chi connectivity index (χ3n) is 3.33. The van der Waals surface area contributed by atoms with Crippen molar-refractivity contribution in [3.63, 3.8) is 0 Å². The number of aliphatic hydroxyl groups is 1. The lowest BCUT2D eigenvalue weighted by Crippen LogP contribution is -2.39. The lowest BCUT2D eigenvalue weighted by atomic mass is 9.99. The topological polar surface area (TPSA) is 70.1 Å². The van der Waals surface area contributed by atoms with Gasteiger partial charge in [-0.25, -0.2) is 9.37 Å². The van der Waals surface area contributed by atoms with Crippen LogP contribution in [0.3, 0.4) is 0 Å². The van der Waals surface area contributed by atoms with Crippen molar-refractivity contribution in [3.05, 3.63) is 12.0 Å². The molecule has 0 unspecified atom stereocenters. The third-order valence-corrected chi connectivity index (χ3v) is 3.33. The van der Waals surface area contributed by atoms with Crippen molar-refractivity contribution < 1.29 is 9.50 Å². The van der Waals surface area contributed by atoms with Crippen LogP contribution in [0.5, 0.6) is 0 Å². The molecule has 1 aliphatic rings. The number of aromatic nitrogens is 2. The van der Waals surface area contributed by atoms with Crippen molar-refractivity contribution in [2.24, 2.45) is 0 Å². The normalized spacial score (nSPS) is 17.7. The molecule has 1 fully saturated rings. The van der Waals surface area contributed by atoms with Crippen LogP contribution in [0.25, 0.3) is 0 Å². The van der Waals surface area contributed by atoms with Crippen molar-refractivity contribution in [2.45, 2.75) is 38.1 Å². The summed E-state index contributed by atoms with van der Waals surface area (Å²) in [4.78, 5) is 7.95. The van der Waals surface area contributed by atoms with E-state index in [0.717, 1.165) is 31.9 Å². The first-order valence-corrected chi connectivity index (χ1v) is 6.34. The van der Waals surface area contributed by atoms with Gasteiger partial charge < -0.3 is 15.7 Å². The summed E-state index contributed by atoms with van der Waals surface area (Å²) >= 11 is 0. The fourth-order valence-corrected chi connectivity index (χ4v) is 2.32. The van der Waals surface area contributed by atoms with Gasteiger partial charge in [0.05, 0.1) is 18.3 Å². The second kappa shape index (κ2) is 5.48. The molecule has 0 aliphatic heterocycles. The van der Waals surface area contributed by atoms with Gasteiger partial charge in [-0.05, 0) is 19.8 Å². The fourth-order valence-electron chi connectivity index (χ4n) is 2.32. The van der Waals surface area contributed by atoms with Crippen molar-refractivity contribution >= 4 is 11.8 Å². The van der Waals surface area contributed by atoms with Gasteiger partial charge in [0.1, 0.15) is 0 Å². The van der Waals surface area contributed by atoms with Gasteiger partial charge in [0, 0.05) is 6.54 Å². The summed E-state index contributed by atoms with van der Waals surface area (Å²) in [7, 11) is 0. The summed E-state index contributed by atoms with van der Waals surface area (Å²) in [6.45, 7) is 2.59. The zero-order valence-corrected chi connectivity index (χ0v) is 10.5. The number of hydrogen-bond acceptors (Lipinski definition) is 5. The fraction of sp³-hybridized carbons (Fsp3) is 0.667. The van der Waals surface area contributed by atoms with Gasteiger partial charge in [-0.1, -0.05) is 12.8 Å². The van der Waals surface area contributed by atoms with Crippen LogP contribution in [0, 0.1) is 5.82 Å². The van der Waals surface area contributed by atoms with E-state index in [2.05, 4.69) is 20.6 Å². The van der Waals surface area contributed by atoms with Gasteiger partial charge in [-0.15, -0.1) is 0 Å². The number of nitrogens with zero attached hydrogens (tertiary/aromatic N) is 2. The number of nitrogens with one attached hydrogen (secondary N) is 2. The Morgan fingerprint density at radius 3 is 2.78 bits per heavy atom. The molecule has 1 aromatic heterocycles. The van der Waals surface area contributed by atoms with Crippen LogP contribution in [0.1, 0.15) is 32.6 Å². The van der Waals surface area contributed by atoms with E-state index in [0.29, 0.717) is 12.5 Å². The predicted molar refractivity (Wildman–Crippen MR) is 68.1 cm³/mol. The quantitative estimate of drug-likeness (QED) is 0.747. The third kappa shape index (κ3) is 2.69. The molecule has 1 aromatic rings. The number of hydrogen-bond donors (Lipinski definition) is 3. The van der Waals surface area contributed by atoms with Crippen molar-refractivity contribution in [1.29, 1.82) is 0 Å². The lowest BCUT2D eigenvalue weighted by molar-refractivity contribution is 0.213. The smallest absolute Gasteiger partial charge is 0.224 e. The molecule has 0 spiro atoms. The first-order chi connectivity index (χ1) is 8.69. The summed E-state index contributed by atoms with van der Waals surface area (Å²) in [5, 5.41) is 15.5. The molecule has 1 saturated carbocycles. The van der Waals surface area contributed by atoms with E-state index in [-0.39, 0.29) is 12.4 Å². The van der Waals surface area contributed by atoms with E-state index in [9.17, 15) is 9.50 Å². The first kappa shape index (κ1) is 13.0. The molecule has 0 saturated heterocycles. The summed E-state index contributed by atoms with van der Waals surface area (Å²) in [5.74, 6) is 0.0702. The molecule has 0 bridgehead atoms. The highest BCUT2D eigenvalue weighted by molar-refractivity contribution is 5.43. The minimum absolute atomic E-state index is 0.00696. The number of rotatable bonds is 5. The molecule has 18 heavy (non-hydrogen) atoms. The molecular formula is C12H19FN4O. The minimum atomic E-state index is -0.489. The van der Waals surface area contributed by atoms with Gasteiger partial charge >= 0.3 is 0 Å². The van der Waals surface area contributed by atoms with Gasteiger partial charge in [0.25, 0.3) is 0 Å². The zero-order chi connectivity index (χ0) is 13.0. The standard InChI is InChI=1S/C12H19FN4O/c1-2-14-11-15-7-9(13)10(16-11)17-12(8-18)5-3-4-6-12/h7,18H,2-6,8H2,1H3,(H2,14,15,16,17). The van der Waals surface area contributed by atoms with Crippen LogP contribution in [-0.2, 0) is 0 Å². The summed E-state index contributed by atoms with van der Waals surface area (Å²) in [6.07, 6.45) is 4.90. The Hall–Kier alpha value is -1.43. The van der Waals surface area contributed by atoms with E-state index in [4.69, 9.17) is 0 Å². The maximum Gasteiger partial charge on any atom is 0.224 e. The molecule has 3 N–H and O–H groups in total. The largest absolute Gasteiger partial charge is 0.394 e. The minimum Gasteiger partial charge on any atom is -0.394 e. The average Bonchev–Trinajstić information content (AvgIpc) is 2.83. The van der Waals surface area contributed by atoms with Crippen LogP contribution in [0.15, 0.2) is 6.20 Å². The molecular weight excluding hydrogens is 235 g/mol. The van der Waals surface area contributed by atoms with Crippen molar-refractivity contribution in [3.8, 4) is 0 Å². The summed E-state index contributed by atoms with van der Waals surface area (Å²) in [6, 6.07) is 0. The Balaban J connectivity index is 2.19. The van der Waals surface area contributed by atoms with Crippen LogP contribution < -0.4 is 10.6 Å². The van der Waals surface area contributed by atoms with Crippen molar-refractivity contribution in [1.82, 2.24) is 9.97 Å². The predicted octanol–water partition coefficient (Wildman–Crippen LogP) is 1.76. The SMILES string of the molecule is CCNc1ncc(F)c(NC2(CO)CCCC2)n1. The Bertz CT molecular complexity index is 407. The maximum atomic E-state index is 13.7. The molecule has 1 heterocycles. The van der Waals surface area contributed by atoms with Crippen LogP contribution in [0.4, 0.5) is 16.2 Å². The highest BCUT2D eigenvalue weighted by atomic mass is 19.1. The Labute approximate surface area is 106 Å². The van der Waals surface area contributed by atoms with Crippen LogP contribution >= 0.6 is 0 Å². The van der Waals surface area contributed by atoms with Crippen LogP contribution in [0.2, 0.25) is 0 Å². The number of aliphatic hydroxyl groups excluding tert-OH is 1. The molecule has 0 amide bonds. The number of anilines is 2. The Morgan fingerprint density at radius 2 is 2.17 bits per heavy atom. The molecule has 6 heteroatoms. The molecule has 2 rings (SSSR count). The molecule has 0 atom stereocenters. The molecule has 0 aromatic carbocycles. The lowest BCUT2D eigenvalue weighted by Gasteiger charge is -2.28. The van der Waals surface area contributed by atoms with Gasteiger partial charge in [0.2, 0.25) is 5.95 Å². The van der Waals surface area contributed by atoms with Gasteiger partial charge in [-0.2, -0.15) is 4.98 Å². The number of halogens is 1. The second-order valence-corrected chi connectivity index (χ2v) is 4.69. The highest BCUT2D eigenvalue weighted by Crippen LogP contribution is 2.32. The van der Waals surface area contributed by atoms with Crippen molar-refractivity contribution in [2.75, 3.05) is 23.8 Å². The average molecular weight is 254 g/mol. The first-order valence-electron chi connectivity index (χ1n) is 6.34. The zero-order valence-electron chi connectivity index (χ0n) is 10.5. The van der Waals surface area contributed by atoms with E-state index < -0.39 is 11.4 Å². The van der Waals surface area contributed by atoms with Gasteiger partial charge in [0.15, 0.2) is 11.6 Å². The highest BCUT2D eigenvalue weighted by Gasteiger charge is 2.34. The molecule has 0 radical (unpaired) electrons. The monoisotopic (exact) mass is 254 g/mol. The van der Waals surface area contributed by atoms with E-state index in [1.54, 1.807) is 0 Å². The molecule has 1 aliphatic carbocycles. The second-order valence-electron chi connectivity index (χ2n) is 4.69. The van der Waals surface area contributed by atoms with Crippen LogP contribution in [-0.4, -0.2) is 33.8 Å². The summed E-state index contributed by atoms with van der Waals surface area (Å²) in [5.41, 5.74) is -0.432. The van der Waals surface area contributed by atoms with E-state index >= 15 is 0 Å². The van der Waals surface area contributed by atoms with E-state index in [1.807, 2.05) is 6.92 Å². The van der Waals surface area contributed by atoms with Gasteiger partial charge in [-0.3, -0.25) is 0 Å². The molecule has 5 nitrogen and oxygen atoms in total. The molecule has 100 valence electrons.